The molecule has 0 aromatic heterocycles. The molecular weight excluding hydrogens is 348 g/mol. The first-order chi connectivity index (χ1) is 13.1. The summed E-state index contributed by atoms with van der Waals surface area (Å²) >= 11 is 0. The number of esters is 1. The summed E-state index contributed by atoms with van der Waals surface area (Å²) in [4.78, 5) is 24.1. The fraction of sp³-hybridized carbons (Fsp3) is 0.150. The molecule has 2 aromatic carbocycles. The fourth-order valence-corrected chi connectivity index (χ4v) is 2.72. The van der Waals surface area contributed by atoms with Crippen molar-refractivity contribution in [1.82, 2.24) is 5.43 Å². The van der Waals surface area contributed by atoms with E-state index in [0.29, 0.717) is 30.1 Å². The van der Waals surface area contributed by atoms with Crippen LogP contribution in [0.3, 0.4) is 0 Å². The van der Waals surface area contributed by atoms with E-state index in [4.69, 9.17) is 9.47 Å². The smallest absolute Gasteiger partial charge is 0.343 e. The van der Waals surface area contributed by atoms with Crippen molar-refractivity contribution in [2.24, 2.45) is 5.10 Å². The zero-order valence-corrected chi connectivity index (χ0v) is 14.2. The van der Waals surface area contributed by atoms with Crippen LogP contribution in [0.15, 0.2) is 59.7 Å². The van der Waals surface area contributed by atoms with Gasteiger partial charge in [0, 0.05) is 23.1 Å². The molecule has 0 spiro atoms. The predicted octanol–water partition coefficient (Wildman–Crippen LogP) is 2.21. The average molecular weight is 364 g/mol. The highest BCUT2D eigenvalue weighted by Crippen LogP contribution is 2.29. The van der Waals surface area contributed by atoms with Crippen LogP contribution in [0.1, 0.15) is 27.9 Å². The predicted molar refractivity (Wildman–Crippen MR) is 97.0 cm³/mol. The van der Waals surface area contributed by atoms with Gasteiger partial charge < -0.3 is 14.6 Å². The average Bonchev–Trinajstić information content (AvgIpc) is 3.53. The molecule has 1 aliphatic carbocycles. The lowest BCUT2D eigenvalue weighted by molar-refractivity contribution is -0.138. The van der Waals surface area contributed by atoms with Gasteiger partial charge in [-0.1, -0.05) is 24.3 Å². The molecule has 2 aromatic rings. The summed E-state index contributed by atoms with van der Waals surface area (Å²) in [6.07, 6.45) is 1.69. The molecule has 7 heteroatoms. The molecule has 2 aliphatic rings. The number of hydrogen-bond acceptors (Lipinski definition) is 6. The minimum atomic E-state index is -0.474. The van der Waals surface area contributed by atoms with Crippen LogP contribution in [0, 0.1) is 0 Å². The second kappa shape index (κ2) is 7.05. The fourth-order valence-electron chi connectivity index (χ4n) is 2.72. The zero-order chi connectivity index (χ0) is 18.8. The first-order valence-corrected chi connectivity index (χ1v) is 8.41. The quantitative estimate of drug-likeness (QED) is 0.492. The van der Waals surface area contributed by atoms with Gasteiger partial charge in [0.25, 0.3) is 5.91 Å². The Morgan fingerprint density at radius 1 is 1.11 bits per heavy atom. The summed E-state index contributed by atoms with van der Waals surface area (Å²) in [5.74, 6) is -0.234. The van der Waals surface area contributed by atoms with Crippen LogP contribution < -0.4 is 5.43 Å². The van der Waals surface area contributed by atoms with Crippen LogP contribution in [-0.2, 0) is 14.3 Å². The number of rotatable bonds is 4. The van der Waals surface area contributed by atoms with E-state index in [2.05, 4.69) is 10.5 Å². The second-order valence-corrected chi connectivity index (χ2v) is 6.11. The Kier molecular flexibility index (Phi) is 4.43. The first-order valence-electron chi connectivity index (χ1n) is 8.41. The van der Waals surface area contributed by atoms with Gasteiger partial charge in [0.1, 0.15) is 11.5 Å². The van der Waals surface area contributed by atoms with Gasteiger partial charge in [0.2, 0.25) is 0 Å². The van der Waals surface area contributed by atoms with E-state index in [1.165, 1.54) is 24.3 Å². The molecule has 1 saturated heterocycles. The van der Waals surface area contributed by atoms with Gasteiger partial charge in [-0.25, -0.2) is 10.2 Å². The van der Waals surface area contributed by atoms with Gasteiger partial charge in [0.05, 0.1) is 12.3 Å². The number of phenols is 1. The van der Waals surface area contributed by atoms with E-state index in [-0.39, 0.29) is 11.7 Å². The summed E-state index contributed by atoms with van der Waals surface area (Å²) in [7, 11) is 0. The van der Waals surface area contributed by atoms with Crippen LogP contribution in [0.2, 0.25) is 0 Å². The Labute approximate surface area is 154 Å². The molecule has 1 atom stereocenters. The molecule has 1 aliphatic heterocycles. The number of allylic oxidation sites excluding steroid dienone is 1. The Morgan fingerprint density at radius 3 is 2.52 bits per heavy atom. The molecule has 1 fully saturated rings. The standard InChI is InChI=1S/C20H16N2O5/c23-13-7-5-12(6-8-13)19(24)22-21-16-9-10-17(27-20(25)18-11-26-18)15-4-2-1-3-14(15)16/h1-8,10,18,23H,9,11H2,(H,22,24). The summed E-state index contributed by atoms with van der Waals surface area (Å²) in [5, 5.41) is 13.5. The number of phenolic OH excluding ortho intramolecular Hbond substituents is 1. The van der Waals surface area contributed by atoms with Crippen molar-refractivity contribution in [1.29, 1.82) is 0 Å². The van der Waals surface area contributed by atoms with Crippen molar-refractivity contribution < 1.29 is 24.2 Å². The van der Waals surface area contributed by atoms with Crippen molar-refractivity contribution >= 4 is 23.3 Å². The van der Waals surface area contributed by atoms with Gasteiger partial charge in [0.15, 0.2) is 6.10 Å². The summed E-state index contributed by atoms with van der Waals surface area (Å²) in [6.45, 7) is 0.393. The van der Waals surface area contributed by atoms with E-state index >= 15 is 0 Å². The Hall–Kier alpha value is -3.45. The van der Waals surface area contributed by atoms with Crippen LogP contribution in [0.5, 0.6) is 5.75 Å². The first kappa shape index (κ1) is 17.0. The molecule has 1 heterocycles. The van der Waals surface area contributed by atoms with Crippen molar-refractivity contribution in [3.63, 3.8) is 0 Å². The number of hydrazone groups is 1. The highest BCUT2D eigenvalue weighted by atomic mass is 16.6. The molecule has 2 N–H and O–H groups in total. The van der Waals surface area contributed by atoms with E-state index in [0.717, 1.165) is 11.1 Å². The van der Waals surface area contributed by atoms with Crippen molar-refractivity contribution in [2.75, 3.05) is 6.61 Å². The largest absolute Gasteiger partial charge is 0.508 e. The number of epoxide rings is 1. The SMILES string of the molecule is O=C(NN=C1CC=C(OC(=O)C2CO2)c2ccccc21)c1ccc(O)cc1. The van der Waals surface area contributed by atoms with Gasteiger partial charge >= 0.3 is 5.97 Å². The van der Waals surface area contributed by atoms with E-state index in [9.17, 15) is 14.7 Å². The van der Waals surface area contributed by atoms with Gasteiger partial charge in [-0.15, -0.1) is 0 Å². The number of hydrogen-bond donors (Lipinski definition) is 2. The number of ether oxygens (including phenoxy) is 2. The van der Waals surface area contributed by atoms with Crippen LogP contribution >= 0.6 is 0 Å². The maximum atomic E-state index is 12.2. The minimum absolute atomic E-state index is 0.0860. The minimum Gasteiger partial charge on any atom is -0.508 e. The molecular formula is C20H16N2O5. The number of aromatic hydroxyl groups is 1. The van der Waals surface area contributed by atoms with Crippen LogP contribution in [0.25, 0.3) is 5.76 Å². The summed E-state index contributed by atoms with van der Waals surface area (Å²) in [5.41, 5.74) is 5.08. The van der Waals surface area contributed by atoms with Crippen molar-refractivity contribution in [2.45, 2.75) is 12.5 Å². The number of fused-ring (bicyclic) bond motifs is 1. The molecule has 0 bridgehead atoms. The van der Waals surface area contributed by atoms with Crippen LogP contribution in [-0.4, -0.2) is 35.4 Å². The van der Waals surface area contributed by atoms with Gasteiger partial charge in [-0.3, -0.25) is 4.79 Å². The summed E-state index contributed by atoms with van der Waals surface area (Å²) < 4.78 is 10.4. The second-order valence-electron chi connectivity index (χ2n) is 6.11. The van der Waals surface area contributed by atoms with Crippen LogP contribution in [0.4, 0.5) is 0 Å². The molecule has 1 amide bonds. The third-order valence-electron chi connectivity index (χ3n) is 4.21. The highest BCUT2D eigenvalue weighted by molar-refractivity contribution is 6.08. The third kappa shape index (κ3) is 3.73. The lowest BCUT2D eigenvalue weighted by Crippen LogP contribution is -2.22. The van der Waals surface area contributed by atoms with E-state index in [1.807, 2.05) is 24.3 Å². The Bertz CT molecular complexity index is 959. The Morgan fingerprint density at radius 2 is 1.81 bits per heavy atom. The van der Waals surface area contributed by atoms with Crippen molar-refractivity contribution in [3.05, 3.63) is 71.3 Å². The van der Waals surface area contributed by atoms with Crippen molar-refractivity contribution in [3.8, 4) is 5.75 Å². The number of benzene rings is 2. The molecule has 4 rings (SSSR count). The molecule has 0 saturated carbocycles. The van der Waals surface area contributed by atoms with Gasteiger partial charge in [-0.2, -0.15) is 5.10 Å². The maximum Gasteiger partial charge on any atom is 0.343 e. The van der Waals surface area contributed by atoms with Gasteiger partial charge in [-0.05, 0) is 30.3 Å². The maximum absolute atomic E-state index is 12.2. The number of carbonyl (C=O) groups excluding carboxylic acids is 2. The topological polar surface area (TPSA) is 101 Å². The Balaban J connectivity index is 1.53. The molecule has 0 radical (unpaired) electrons. The van der Waals surface area contributed by atoms with E-state index in [1.54, 1.807) is 6.08 Å². The monoisotopic (exact) mass is 364 g/mol. The van der Waals surface area contributed by atoms with E-state index < -0.39 is 12.1 Å². The molecule has 1 unspecified atom stereocenters. The molecule has 27 heavy (non-hydrogen) atoms. The number of amides is 1. The normalized spacial score (nSPS) is 19.0. The molecule has 136 valence electrons. The highest BCUT2D eigenvalue weighted by Gasteiger charge is 2.34. The third-order valence-corrected chi connectivity index (χ3v) is 4.21. The zero-order valence-electron chi connectivity index (χ0n) is 14.2. The molecule has 7 nitrogen and oxygen atoms in total. The number of carbonyl (C=O) groups is 2. The number of nitrogens with one attached hydrogen (secondary N) is 1. The summed E-state index contributed by atoms with van der Waals surface area (Å²) in [6, 6.07) is 13.3. The lowest BCUT2D eigenvalue weighted by atomic mass is 9.94. The number of nitrogens with zero attached hydrogens (tertiary/aromatic N) is 1. The lowest BCUT2D eigenvalue weighted by Gasteiger charge is -2.18.